The second-order valence-corrected chi connectivity index (χ2v) is 7.12. The van der Waals surface area contributed by atoms with Crippen LogP contribution in [0.1, 0.15) is 58.1 Å². The summed E-state index contributed by atoms with van der Waals surface area (Å²) in [5.41, 5.74) is 0.660. The predicted octanol–water partition coefficient (Wildman–Crippen LogP) is 4.46. The molecule has 2 nitrogen and oxygen atoms in total. The minimum atomic E-state index is -0.217. The average molecular weight is 293 g/mol. The van der Waals surface area contributed by atoms with Crippen LogP contribution in [0.2, 0.25) is 0 Å². The highest BCUT2D eigenvalue weighted by atomic mass is 19.1. The third-order valence-corrected chi connectivity index (χ3v) is 4.08. The van der Waals surface area contributed by atoms with E-state index in [0.717, 1.165) is 6.61 Å². The number of nitrogens with one attached hydrogen (secondary N) is 1. The molecule has 2 rings (SSSR count). The Bertz CT molecular complexity index is 435. The van der Waals surface area contributed by atoms with Gasteiger partial charge in [0.2, 0.25) is 0 Å². The zero-order valence-electron chi connectivity index (χ0n) is 13.5. The monoisotopic (exact) mass is 293 g/mol. The number of halogens is 1. The molecule has 1 aromatic carbocycles. The van der Waals surface area contributed by atoms with Crippen molar-refractivity contribution in [2.24, 2.45) is 5.92 Å². The van der Waals surface area contributed by atoms with Crippen molar-refractivity contribution in [3.05, 3.63) is 35.6 Å². The molecule has 1 aliphatic carbocycles. The summed E-state index contributed by atoms with van der Waals surface area (Å²) < 4.78 is 20.1. The van der Waals surface area contributed by atoms with Crippen LogP contribution in [0.3, 0.4) is 0 Å². The Morgan fingerprint density at radius 2 is 1.90 bits per heavy atom. The largest absolute Gasteiger partial charge is 0.372 e. The lowest BCUT2D eigenvalue weighted by atomic mass is 10.0. The molecule has 0 heterocycles. The molecule has 1 unspecified atom stereocenters. The lowest BCUT2D eigenvalue weighted by Crippen LogP contribution is -2.39. The molecular weight excluding hydrogens is 265 g/mol. The first-order valence-electron chi connectivity index (χ1n) is 8.07. The molecule has 1 fully saturated rings. The Kier molecular flexibility index (Phi) is 5.77. The number of hydrogen-bond donors (Lipinski definition) is 1. The van der Waals surface area contributed by atoms with Crippen molar-refractivity contribution < 1.29 is 9.13 Å². The first-order chi connectivity index (χ1) is 9.96. The zero-order valence-corrected chi connectivity index (χ0v) is 13.5. The lowest BCUT2D eigenvalue weighted by molar-refractivity contribution is 0.0240. The van der Waals surface area contributed by atoms with E-state index >= 15 is 0 Å². The molecule has 1 N–H and O–H groups in total. The lowest BCUT2D eigenvalue weighted by Gasteiger charge is -2.27. The van der Waals surface area contributed by atoms with E-state index < -0.39 is 0 Å². The van der Waals surface area contributed by atoms with Crippen molar-refractivity contribution in [2.75, 3.05) is 13.2 Å². The summed E-state index contributed by atoms with van der Waals surface area (Å²) in [5, 5.41) is 3.43. The normalized spacial score (nSPS) is 18.1. The summed E-state index contributed by atoms with van der Waals surface area (Å²) in [6.45, 7) is 7.72. The van der Waals surface area contributed by atoms with Crippen LogP contribution >= 0.6 is 0 Å². The molecule has 21 heavy (non-hydrogen) atoms. The number of rotatable bonds is 6. The summed E-state index contributed by atoms with van der Waals surface area (Å²) in [6.07, 6.45) is 4.89. The summed E-state index contributed by atoms with van der Waals surface area (Å²) in [6, 6.07) is 6.95. The van der Waals surface area contributed by atoms with Crippen molar-refractivity contribution >= 4 is 0 Å². The third-order valence-electron chi connectivity index (χ3n) is 4.08. The highest BCUT2D eigenvalue weighted by molar-refractivity contribution is 5.20. The van der Waals surface area contributed by atoms with Crippen LogP contribution in [-0.4, -0.2) is 18.7 Å². The Balaban J connectivity index is 2.00. The predicted molar refractivity (Wildman–Crippen MR) is 84.8 cm³/mol. The molecule has 1 aliphatic rings. The summed E-state index contributed by atoms with van der Waals surface area (Å²) in [5.74, 6) is 0.471. The maximum Gasteiger partial charge on any atom is 0.129 e. The Morgan fingerprint density at radius 1 is 1.24 bits per heavy atom. The quantitative estimate of drug-likeness (QED) is 0.836. The average Bonchev–Trinajstić information content (AvgIpc) is 2.92. The molecule has 0 radical (unpaired) electrons. The van der Waals surface area contributed by atoms with Crippen LogP contribution in [0.25, 0.3) is 0 Å². The summed E-state index contributed by atoms with van der Waals surface area (Å²) in [7, 11) is 0. The molecule has 1 aromatic rings. The van der Waals surface area contributed by atoms with Gasteiger partial charge in [-0.25, -0.2) is 4.39 Å². The first kappa shape index (κ1) is 16.4. The van der Waals surface area contributed by atoms with Gasteiger partial charge in [0.25, 0.3) is 0 Å². The molecule has 1 atom stereocenters. The van der Waals surface area contributed by atoms with E-state index in [9.17, 15) is 4.39 Å². The molecule has 0 saturated heterocycles. The van der Waals surface area contributed by atoms with E-state index in [1.54, 1.807) is 6.07 Å². The molecule has 3 heteroatoms. The van der Waals surface area contributed by atoms with Gasteiger partial charge in [0, 0.05) is 17.6 Å². The second-order valence-electron chi connectivity index (χ2n) is 7.12. The van der Waals surface area contributed by atoms with Crippen LogP contribution in [0.5, 0.6) is 0 Å². The molecule has 118 valence electrons. The maximum absolute atomic E-state index is 14.1. The number of benzene rings is 1. The van der Waals surface area contributed by atoms with E-state index in [2.05, 4.69) is 26.1 Å². The minimum Gasteiger partial charge on any atom is -0.372 e. The van der Waals surface area contributed by atoms with Crippen molar-refractivity contribution in [2.45, 2.75) is 58.1 Å². The second kappa shape index (κ2) is 7.37. The smallest absolute Gasteiger partial charge is 0.129 e. The molecule has 0 amide bonds. The van der Waals surface area contributed by atoms with Gasteiger partial charge in [-0.3, -0.25) is 0 Å². The van der Waals surface area contributed by atoms with Crippen molar-refractivity contribution in [1.29, 1.82) is 0 Å². The fourth-order valence-corrected chi connectivity index (χ4v) is 2.82. The number of hydrogen-bond acceptors (Lipinski definition) is 2. The van der Waals surface area contributed by atoms with E-state index in [1.807, 2.05) is 12.1 Å². The number of ether oxygens (including phenoxy) is 1. The van der Waals surface area contributed by atoms with Crippen LogP contribution in [0, 0.1) is 11.7 Å². The maximum atomic E-state index is 14.1. The highest BCUT2D eigenvalue weighted by Crippen LogP contribution is 2.28. The van der Waals surface area contributed by atoms with E-state index in [-0.39, 0.29) is 17.5 Å². The summed E-state index contributed by atoms with van der Waals surface area (Å²) >= 11 is 0. The van der Waals surface area contributed by atoms with Gasteiger partial charge < -0.3 is 10.1 Å². The molecule has 0 aromatic heterocycles. The molecule has 0 spiro atoms. The van der Waals surface area contributed by atoms with Crippen LogP contribution in [-0.2, 0) is 4.74 Å². The Morgan fingerprint density at radius 3 is 2.52 bits per heavy atom. The van der Waals surface area contributed by atoms with Crippen LogP contribution in [0.15, 0.2) is 24.3 Å². The van der Waals surface area contributed by atoms with E-state index in [0.29, 0.717) is 18.0 Å². The van der Waals surface area contributed by atoms with Crippen molar-refractivity contribution in [3.8, 4) is 0 Å². The molecule has 1 saturated carbocycles. The van der Waals surface area contributed by atoms with Crippen LogP contribution in [0.4, 0.5) is 4.39 Å². The highest BCUT2D eigenvalue weighted by Gasteiger charge is 2.22. The Labute approximate surface area is 128 Å². The molecule has 0 aliphatic heterocycles. The molecular formula is C18H28FNO. The van der Waals surface area contributed by atoms with E-state index in [4.69, 9.17) is 4.74 Å². The SMILES string of the molecule is CC(C)(C)NCC(OCC1CCCC1)c1ccccc1F. The minimum absolute atomic E-state index is 0.000223. The van der Waals surface area contributed by atoms with Gasteiger partial charge in [0.1, 0.15) is 5.82 Å². The molecule has 0 bridgehead atoms. The van der Waals surface area contributed by atoms with Gasteiger partial charge in [-0.05, 0) is 45.6 Å². The summed E-state index contributed by atoms with van der Waals surface area (Å²) in [4.78, 5) is 0. The van der Waals surface area contributed by atoms with E-state index in [1.165, 1.54) is 31.7 Å². The van der Waals surface area contributed by atoms with Gasteiger partial charge in [0.05, 0.1) is 12.7 Å². The fraction of sp³-hybridized carbons (Fsp3) is 0.667. The van der Waals surface area contributed by atoms with Gasteiger partial charge in [-0.1, -0.05) is 31.0 Å². The fourth-order valence-electron chi connectivity index (χ4n) is 2.82. The van der Waals surface area contributed by atoms with Crippen LogP contribution < -0.4 is 5.32 Å². The first-order valence-corrected chi connectivity index (χ1v) is 8.07. The standard InChI is InChI=1S/C18H28FNO/c1-18(2,3)20-12-17(15-10-6-7-11-16(15)19)21-13-14-8-4-5-9-14/h6-7,10-11,14,17,20H,4-5,8-9,12-13H2,1-3H3. The van der Waals surface area contributed by atoms with Gasteiger partial charge in [-0.15, -0.1) is 0 Å². The van der Waals surface area contributed by atoms with Gasteiger partial charge in [-0.2, -0.15) is 0 Å². The van der Waals surface area contributed by atoms with Crippen molar-refractivity contribution in [1.82, 2.24) is 5.32 Å². The zero-order chi connectivity index (χ0) is 15.3. The Hall–Kier alpha value is -0.930. The van der Waals surface area contributed by atoms with Crippen molar-refractivity contribution in [3.63, 3.8) is 0 Å². The topological polar surface area (TPSA) is 21.3 Å². The van der Waals surface area contributed by atoms with Gasteiger partial charge in [0.15, 0.2) is 0 Å². The third kappa shape index (κ3) is 5.40. The van der Waals surface area contributed by atoms with Gasteiger partial charge >= 0.3 is 0 Å².